The van der Waals surface area contributed by atoms with Gasteiger partial charge in [0, 0.05) is 18.6 Å². The SMILES string of the molecule is CC(C)=CCN1CCC(NC2CCCC(C)C2C)CC1. The van der Waals surface area contributed by atoms with E-state index in [1.807, 2.05) is 0 Å². The maximum absolute atomic E-state index is 3.98. The Morgan fingerprint density at radius 1 is 1.10 bits per heavy atom. The van der Waals surface area contributed by atoms with Crippen molar-refractivity contribution in [3.8, 4) is 0 Å². The molecule has 1 aliphatic heterocycles. The van der Waals surface area contributed by atoms with Gasteiger partial charge in [-0.1, -0.05) is 38.3 Å². The van der Waals surface area contributed by atoms with Gasteiger partial charge in [-0.05, 0) is 58.0 Å². The Kier molecular flexibility index (Phi) is 6.10. The van der Waals surface area contributed by atoms with E-state index in [4.69, 9.17) is 0 Å². The van der Waals surface area contributed by atoms with E-state index in [1.54, 1.807) is 0 Å². The maximum atomic E-state index is 3.98. The van der Waals surface area contributed by atoms with Gasteiger partial charge in [0.05, 0.1) is 0 Å². The first-order chi connectivity index (χ1) is 9.56. The van der Waals surface area contributed by atoms with Gasteiger partial charge >= 0.3 is 0 Å². The van der Waals surface area contributed by atoms with Gasteiger partial charge < -0.3 is 5.32 Å². The molecule has 0 aromatic rings. The molecule has 20 heavy (non-hydrogen) atoms. The largest absolute Gasteiger partial charge is 0.311 e. The number of nitrogens with one attached hydrogen (secondary N) is 1. The summed E-state index contributed by atoms with van der Waals surface area (Å²) in [6.07, 6.45) is 9.26. The number of piperidine rings is 1. The normalized spacial score (nSPS) is 33.1. The predicted octanol–water partition coefficient (Wildman–Crippen LogP) is 3.83. The molecule has 1 saturated carbocycles. The van der Waals surface area contributed by atoms with E-state index in [9.17, 15) is 0 Å². The van der Waals surface area contributed by atoms with Crippen LogP contribution in [0.3, 0.4) is 0 Å². The van der Waals surface area contributed by atoms with E-state index in [0.29, 0.717) is 0 Å². The zero-order chi connectivity index (χ0) is 14.5. The van der Waals surface area contributed by atoms with E-state index < -0.39 is 0 Å². The minimum Gasteiger partial charge on any atom is -0.311 e. The molecule has 0 aromatic heterocycles. The molecule has 1 N–H and O–H groups in total. The van der Waals surface area contributed by atoms with Crippen LogP contribution in [0, 0.1) is 11.8 Å². The van der Waals surface area contributed by atoms with Crippen LogP contribution in [-0.4, -0.2) is 36.6 Å². The highest BCUT2D eigenvalue weighted by atomic mass is 15.1. The van der Waals surface area contributed by atoms with Gasteiger partial charge in [-0.25, -0.2) is 0 Å². The summed E-state index contributed by atoms with van der Waals surface area (Å²) in [6.45, 7) is 12.9. The molecule has 3 unspecified atom stereocenters. The Bertz CT molecular complexity index is 311. The van der Waals surface area contributed by atoms with Crippen molar-refractivity contribution in [1.82, 2.24) is 10.2 Å². The van der Waals surface area contributed by atoms with Crippen molar-refractivity contribution in [2.45, 2.75) is 71.9 Å². The summed E-state index contributed by atoms with van der Waals surface area (Å²) < 4.78 is 0. The van der Waals surface area contributed by atoms with Crippen molar-refractivity contribution < 1.29 is 0 Å². The van der Waals surface area contributed by atoms with Crippen LogP contribution in [0.25, 0.3) is 0 Å². The van der Waals surface area contributed by atoms with Crippen LogP contribution in [0.1, 0.15) is 59.8 Å². The summed E-state index contributed by atoms with van der Waals surface area (Å²) >= 11 is 0. The number of allylic oxidation sites excluding steroid dienone is 1. The predicted molar refractivity (Wildman–Crippen MR) is 88.0 cm³/mol. The second-order valence-electron chi connectivity index (χ2n) is 7.40. The lowest BCUT2D eigenvalue weighted by atomic mass is 9.77. The summed E-state index contributed by atoms with van der Waals surface area (Å²) in [7, 11) is 0. The van der Waals surface area contributed by atoms with Gasteiger partial charge in [0.15, 0.2) is 0 Å². The maximum Gasteiger partial charge on any atom is 0.0165 e. The third kappa shape index (κ3) is 4.60. The molecule has 2 fully saturated rings. The van der Waals surface area contributed by atoms with Gasteiger partial charge in [-0.2, -0.15) is 0 Å². The lowest BCUT2D eigenvalue weighted by molar-refractivity contribution is 0.157. The van der Waals surface area contributed by atoms with Crippen molar-refractivity contribution in [2.75, 3.05) is 19.6 Å². The van der Waals surface area contributed by atoms with Gasteiger partial charge in [0.2, 0.25) is 0 Å². The second-order valence-corrected chi connectivity index (χ2v) is 7.40. The number of likely N-dealkylation sites (tertiary alicyclic amines) is 1. The van der Waals surface area contributed by atoms with Crippen LogP contribution in [-0.2, 0) is 0 Å². The fourth-order valence-electron chi connectivity index (χ4n) is 3.71. The van der Waals surface area contributed by atoms with E-state index >= 15 is 0 Å². The smallest absolute Gasteiger partial charge is 0.0165 e. The van der Waals surface area contributed by atoms with Crippen LogP contribution in [0.15, 0.2) is 11.6 Å². The Balaban J connectivity index is 1.72. The Morgan fingerprint density at radius 2 is 1.80 bits per heavy atom. The molecule has 0 spiro atoms. The van der Waals surface area contributed by atoms with Crippen LogP contribution < -0.4 is 5.32 Å². The Morgan fingerprint density at radius 3 is 2.45 bits per heavy atom. The molecule has 2 nitrogen and oxygen atoms in total. The summed E-state index contributed by atoms with van der Waals surface area (Å²) in [5.41, 5.74) is 1.44. The lowest BCUT2D eigenvalue weighted by Gasteiger charge is -2.39. The standard InChI is InChI=1S/C18H34N2/c1-14(2)8-11-20-12-9-17(10-13-20)19-18-7-5-6-15(3)16(18)4/h8,15-19H,5-7,9-13H2,1-4H3. The summed E-state index contributed by atoms with van der Waals surface area (Å²) in [6, 6.07) is 1.53. The summed E-state index contributed by atoms with van der Waals surface area (Å²) in [5.74, 6) is 1.76. The molecule has 0 radical (unpaired) electrons. The molecule has 3 atom stereocenters. The topological polar surface area (TPSA) is 15.3 Å². The quantitative estimate of drug-likeness (QED) is 0.786. The zero-order valence-corrected chi connectivity index (χ0v) is 14.0. The average Bonchev–Trinajstić information content (AvgIpc) is 2.43. The number of hydrogen-bond donors (Lipinski definition) is 1. The number of hydrogen-bond acceptors (Lipinski definition) is 2. The molecule has 2 aliphatic rings. The summed E-state index contributed by atoms with van der Waals surface area (Å²) in [4.78, 5) is 2.60. The highest BCUT2D eigenvalue weighted by Crippen LogP contribution is 2.30. The van der Waals surface area contributed by atoms with Crippen LogP contribution >= 0.6 is 0 Å². The van der Waals surface area contributed by atoms with Gasteiger partial charge in [-0.3, -0.25) is 4.90 Å². The third-order valence-corrected chi connectivity index (χ3v) is 5.50. The highest BCUT2D eigenvalue weighted by molar-refractivity contribution is 4.96. The van der Waals surface area contributed by atoms with Crippen molar-refractivity contribution in [1.29, 1.82) is 0 Å². The Hall–Kier alpha value is -0.340. The van der Waals surface area contributed by atoms with Crippen LogP contribution in [0.4, 0.5) is 0 Å². The first-order valence-corrected chi connectivity index (χ1v) is 8.68. The Labute approximate surface area is 126 Å². The summed E-state index contributed by atoms with van der Waals surface area (Å²) in [5, 5.41) is 3.98. The first kappa shape index (κ1) is 16.0. The third-order valence-electron chi connectivity index (χ3n) is 5.50. The minimum absolute atomic E-state index is 0.760. The van der Waals surface area contributed by atoms with Crippen molar-refractivity contribution in [2.24, 2.45) is 11.8 Å². The van der Waals surface area contributed by atoms with Crippen LogP contribution in [0.5, 0.6) is 0 Å². The van der Waals surface area contributed by atoms with Crippen molar-refractivity contribution in [3.63, 3.8) is 0 Å². The van der Waals surface area contributed by atoms with Gasteiger partial charge in [0.25, 0.3) is 0 Å². The molecule has 0 bridgehead atoms. The van der Waals surface area contributed by atoms with E-state index in [-0.39, 0.29) is 0 Å². The molecular weight excluding hydrogens is 244 g/mol. The molecule has 1 saturated heterocycles. The molecular formula is C18H34N2. The van der Waals surface area contributed by atoms with Gasteiger partial charge in [0.1, 0.15) is 0 Å². The van der Waals surface area contributed by atoms with Crippen molar-refractivity contribution in [3.05, 3.63) is 11.6 Å². The zero-order valence-electron chi connectivity index (χ0n) is 14.0. The molecule has 1 aliphatic carbocycles. The van der Waals surface area contributed by atoms with E-state index in [0.717, 1.165) is 30.5 Å². The molecule has 0 amide bonds. The number of nitrogens with zero attached hydrogens (tertiary/aromatic N) is 1. The average molecular weight is 278 g/mol. The fraction of sp³-hybridized carbons (Fsp3) is 0.889. The first-order valence-electron chi connectivity index (χ1n) is 8.68. The molecule has 2 heteroatoms. The number of rotatable bonds is 4. The molecule has 116 valence electrons. The van der Waals surface area contributed by atoms with E-state index in [2.05, 4.69) is 44.0 Å². The van der Waals surface area contributed by atoms with Crippen molar-refractivity contribution >= 4 is 0 Å². The molecule has 0 aromatic carbocycles. The van der Waals surface area contributed by atoms with Gasteiger partial charge in [-0.15, -0.1) is 0 Å². The van der Waals surface area contributed by atoms with Crippen LogP contribution in [0.2, 0.25) is 0 Å². The highest BCUT2D eigenvalue weighted by Gasteiger charge is 2.29. The fourth-order valence-corrected chi connectivity index (χ4v) is 3.71. The molecule has 1 heterocycles. The van der Waals surface area contributed by atoms with E-state index in [1.165, 1.54) is 50.8 Å². The minimum atomic E-state index is 0.760. The lowest BCUT2D eigenvalue weighted by Crippen LogP contribution is -2.50. The molecule has 2 rings (SSSR count). The monoisotopic (exact) mass is 278 g/mol. The second kappa shape index (κ2) is 7.61.